The second kappa shape index (κ2) is 14.8. The average molecular weight is 845 g/mol. The molecule has 0 saturated heterocycles. The molecule has 0 atom stereocenters. The molecule has 0 N–H and O–H groups in total. The van der Waals surface area contributed by atoms with Gasteiger partial charge in [-0.1, -0.05) is 190 Å². The zero-order chi connectivity index (χ0) is 43.9. The van der Waals surface area contributed by atoms with E-state index in [1.165, 1.54) is 55.2 Å². The third-order valence-corrected chi connectivity index (χ3v) is 14.0. The van der Waals surface area contributed by atoms with Gasteiger partial charge in [0, 0.05) is 60.7 Å². The molecule has 3 heteroatoms. The maximum atomic E-state index is 6.85. The normalized spacial score (nSPS) is 12.8. The summed E-state index contributed by atoms with van der Waals surface area (Å²) in [5, 5.41) is 4.74. The minimum Gasteiger partial charge on any atom is -0.455 e. The van der Waals surface area contributed by atoms with Crippen molar-refractivity contribution in [3.05, 3.63) is 242 Å². The molecular formula is C63H44N2O. The van der Waals surface area contributed by atoms with Gasteiger partial charge in [0.25, 0.3) is 0 Å². The third kappa shape index (κ3) is 5.76. The van der Waals surface area contributed by atoms with Crippen LogP contribution in [0, 0.1) is 0 Å². The maximum Gasteiger partial charge on any atom is 0.143 e. The van der Waals surface area contributed by atoms with Gasteiger partial charge in [-0.15, -0.1) is 0 Å². The highest BCUT2D eigenvalue weighted by atomic mass is 16.3. The average Bonchev–Trinajstić information content (AvgIpc) is 4.01. The van der Waals surface area contributed by atoms with Crippen LogP contribution in [0.3, 0.4) is 0 Å². The summed E-state index contributed by atoms with van der Waals surface area (Å²) < 4.78 is 9.24. The SMILES string of the molecule is CC1(C)c2ccccc2-c2c(N(c3ccc(-c4cccc5c4oc4c(-c6ccccc6)cccc45)cc3)c3ccc(-c4cccc5c4c4ccccc4n5-c4ccccc4)cc3)cccc21. The fourth-order valence-electron chi connectivity index (χ4n) is 10.9. The number of aromatic nitrogens is 1. The Morgan fingerprint density at radius 1 is 0.379 bits per heavy atom. The quantitative estimate of drug-likeness (QED) is 0.159. The van der Waals surface area contributed by atoms with E-state index in [4.69, 9.17) is 4.42 Å². The molecular weight excluding hydrogens is 801 g/mol. The van der Waals surface area contributed by atoms with Gasteiger partial charge in [-0.05, 0) is 93.5 Å². The molecule has 0 amide bonds. The predicted octanol–water partition coefficient (Wildman–Crippen LogP) is 17.5. The van der Waals surface area contributed by atoms with Crippen molar-refractivity contribution in [2.75, 3.05) is 4.90 Å². The van der Waals surface area contributed by atoms with Crippen LogP contribution in [0.4, 0.5) is 17.1 Å². The summed E-state index contributed by atoms with van der Waals surface area (Å²) in [6.07, 6.45) is 0. The Morgan fingerprint density at radius 3 is 1.56 bits per heavy atom. The predicted molar refractivity (Wildman–Crippen MR) is 277 cm³/mol. The highest BCUT2D eigenvalue weighted by molar-refractivity contribution is 6.16. The molecule has 0 aliphatic heterocycles. The zero-order valence-electron chi connectivity index (χ0n) is 36.7. The lowest BCUT2D eigenvalue weighted by molar-refractivity contribution is 0.660. The van der Waals surface area contributed by atoms with E-state index in [1.807, 2.05) is 0 Å². The van der Waals surface area contributed by atoms with E-state index in [0.29, 0.717) is 0 Å². The molecule has 0 saturated carbocycles. The number of furan rings is 1. The number of hydrogen-bond donors (Lipinski definition) is 0. The van der Waals surface area contributed by atoms with E-state index in [2.05, 4.69) is 254 Å². The van der Waals surface area contributed by atoms with E-state index in [9.17, 15) is 0 Å². The van der Waals surface area contributed by atoms with Crippen molar-refractivity contribution in [1.82, 2.24) is 4.57 Å². The molecule has 0 spiro atoms. The molecule has 3 nitrogen and oxygen atoms in total. The summed E-state index contributed by atoms with van der Waals surface area (Å²) >= 11 is 0. The first-order chi connectivity index (χ1) is 32.5. The van der Waals surface area contributed by atoms with Gasteiger partial charge in [0.15, 0.2) is 0 Å². The van der Waals surface area contributed by atoms with Crippen LogP contribution in [-0.4, -0.2) is 4.57 Å². The molecule has 312 valence electrons. The van der Waals surface area contributed by atoms with Crippen molar-refractivity contribution in [1.29, 1.82) is 0 Å². The molecule has 0 fully saturated rings. The Labute approximate surface area is 384 Å². The highest BCUT2D eigenvalue weighted by Crippen LogP contribution is 2.54. The summed E-state index contributed by atoms with van der Waals surface area (Å²) in [7, 11) is 0. The number of benzene rings is 10. The first kappa shape index (κ1) is 38.1. The Bertz CT molecular complexity index is 3820. The van der Waals surface area contributed by atoms with Crippen LogP contribution >= 0.6 is 0 Å². The second-order valence-corrected chi connectivity index (χ2v) is 18.0. The molecule has 1 aliphatic carbocycles. The zero-order valence-corrected chi connectivity index (χ0v) is 36.7. The Balaban J connectivity index is 0.957. The van der Waals surface area contributed by atoms with Crippen LogP contribution in [0.15, 0.2) is 235 Å². The summed E-state index contributed by atoms with van der Waals surface area (Å²) in [4.78, 5) is 2.44. The van der Waals surface area contributed by atoms with Gasteiger partial charge in [0.1, 0.15) is 11.2 Å². The fraction of sp³-hybridized carbons (Fsp3) is 0.0476. The summed E-state index contributed by atoms with van der Waals surface area (Å²) in [5.74, 6) is 0. The lowest BCUT2D eigenvalue weighted by atomic mass is 9.82. The summed E-state index contributed by atoms with van der Waals surface area (Å²) in [6, 6.07) is 83.6. The standard InChI is InChI=1S/C63H44N2O/c1-63(2)54-28-11-9-21-52(54)60-55(63)29-16-32-58(60)64(45-37-33-42(34-38-45)47-23-15-31-57-59(47)53-22-10-12-30-56(53)65(57)44-19-7-4-8-20-44)46-39-35-43(36-40-46)49-25-14-27-51-50-26-13-24-48(61(50)66-62(49)51)41-17-5-3-6-18-41/h3-40H,1-2H3. The molecule has 66 heavy (non-hydrogen) atoms. The highest BCUT2D eigenvalue weighted by Gasteiger charge is 2.37. The maximum absolute atomic E-state index is 6.85. The minimum absolute atomic E-state index is 0.134. The van der Waals surface area contributed by atoms with Gasteiger partial charge in [-0.3, -0.25) is 0 Å². The largest absolute Gasteiger partial charge is 0.455 e. The van der Waals surface area contributed by atoms with Gasteiger partial charge in [-0.2, -0.15) is 0 Å². The van der Waals surface area contributed by atoms with Crippen LogP contribution in [0.25, 0.3) is 93.9 Å². The van der Waals surface area contributed by atoms with Crippen molar-refractivity contribution < 1.29 is 4.42 Å². The van der Waals surface area contributed by atoms with E-state index in [-0.39, 0.29) is 5.41 Å². The lowest BCUT2D eigenvalue weighted by Gasteiger charge is -2.29. The summed E-state index contributed by atoms with van der Waals surface area (Å²) in [6.45, 7) is 4.71. The van der Waals surface area contributed by atoms with Crippen molar-refractivity contribution in [3.8, 4) is 50.2 Å². The molecule has 2 aromatic heterocycles. The number of fused-ring (bicyclic) bond motifs is 9. The smallest absolute Gasteiger partial charge is 0.143 e. The van der Waals surface area contributed by atoms with Gasteiger partial charge in [-0.25, -0.2) is 0 Å². The molecule has 13 rings (SSSR count). The molecule has 1 aliphatic rings. The van der Waals surface area contributed by atoms with Gasteiger partial charge >= 0.3 is 0 Å². The monoisotopic (exact) mass is 844 g/mol. The molecule has 0 radical (unpaired) electrons. The van der Waals surface area contributed by atoms with Crippen molar-refractivity contribution >= 4 is 60.8 Å². The van der Waals surface area contributed by atoms with Gasteiger partial charge < -0.3 is 13.9 Å². The number of hydrogen-bond acceptors (Lipinski definition) is 2. The second-order valence-electron chi connectivity index (χ2n) is 18.0. The van der Waals surface area contributed by atoms with E-state index in [0.717, 1.165) is 66.9 Å². The van der Waals surface area contributed by atoms with Crippen LogP contribution in [0.1, 0.15) is 25.0 Å². The Hall–Kier alpha value is -8.40. The molecule has 12 aromatic rings. The van der Waals surface area contributed by atoms with E-state index < -0.39 is 0 Å². The number of para-hydroxylation sites is 4. The Morgan fingerprint density at radius 2 is 0.864 bits per heavy atom. The summed E-state index contributed by atoms with van der Waals surface area (Å²) in [5.41, 5.74) is 20.7. The first-order valence-corrected chi connectivity index (χ1v) is 22.8. The molecule has 10 aromatic carbocycles. The number of nitrogens with zero attached hydrogens (tertiary/aromatic N) is 2. The number of anilines is 3. The van der Waals surface area contributed by atoms with Gasteiger partial charge in [0.05, 0.1) is 16.7 Å². The van der Waals surface area contributed by atoms with Crippen LogP contribution in [-0.2, 0) is 5.41 Å². The first-order valence-electron chi connectivity index (χ1n) is 22.8. The molecule has 2 heterocycles. The topological polar surface area (TPSA) is 21.3 Å². The van der Waals surface area contributed by atoms with E-state index in [1.54, 1.807) is 0 Å². The van der Waals surface area contributed by atoms with Crippen LogP contribution in [0.2, 0.25) is 0 Å². The van der Waals surface area contributed by atoms with Crippen LogP contribution in [0.5, 0.6) is 0 Å². The minimum atomic E-state index is -0.134. The Kier molecular flexibility index (Phi) is 8.56. The van der Waals surface area contributed by atoms with Crippen molar-refractivity contribution in [2.45, 2.75) is 19.3 Å². The van der Waals surface area contributed by atoms with Gasteiger partial charge in [0.2, 0.25) is 0 Å². The van der Waals surface area contributed by atoms with Crippen LogP contribution < -0.4 is 4.90 Å². The van der Waals surface area contributed by atoms with Crippen molar-refractivity contribution in [2.24, 2.45) is 0 Å². The molecule has 0 unspecified atom stereocenters. The lowest BCUT2D eigenvalue weighted by Crippen LogP contribution is -2.16. The molecule has 0 bridgehead atoms. The van der Waals surface area contributed by atoms with E-state index >= 15 is 0 Å². The number of rotatable bonds is 7. The van der Waals surface area contributed by atoms with Crippen molar-refractivity contribution in [3.63, 3.8) is 0 Å². The third-order valence-electron chi connectivity index (χ3n) is 14.0. The fourth-order valence-corrected chi connectivity index (χ4v) is 10.9.